The van der Waals surface area contributed by atoms with Gasteiger partial charge in [0.1, 0.15) is 5.75 Å². The predicted molar refractivity (Wildman–Crippen MR) is 59.7 cm³/mol. The fourth-order valence-corrected chi connectivity index (χ4v) is 1.94. The Morgan fingerprint density at radius 1 is 1.36 bits per heavy atom. The quantitative estimate of drug-likeness (QED) is 0.669. The summed E-state index contributed by atoms with van der Waals surface area (Å²) in [5, 5.41) is 0.644. The zero-order chi connectivity index (χ0) is 10.1. The number of halogens is 2. The maximum absolute atomic E-state index is 10.5. The first-order chi connectivity index (χ1) is 5.88. The van der Waals surface area contributed by atoms with Crippen LogP contribution < -0.4 is 0 Å². The van der Waals surface area contributed by atoms with E-state index in [1.807, 2.05) is 0 Å². The predicted octanol–water partition coefficient (Wildman–Crippen LogP) is 2.23. The van der Waals surface area contributed by atoms with Crippen molar-refractivity contribution < 1.29 is 15.8 Å². The van der Waals surface area contributed by atoms with Gasteiger partial charge in [-0.1, -0.05) is 23.2 Å². The van der Waals surface area contributed by atoms with Gasteiger partial charge < -0.3 is 2.85 Å². The standard InChI is InChI=1S/C7H6Cl2O3S.Ca.2H/c8-6-1-2-7(9)5(3-6)4-13(10,11)12;;;/h1-3H,4H2,(H,10,11,12);;;/q;+2;2*-1. The summed E-state index contributed by atoms with van der Waals surface area (Å²) in [5.74, 6) is -0.521. The van der Waals surface area contributed by atoms with Crippen molar-refractivity contribution in [2.24, 2.45) is 0 Å². The van der Waals surface area contributed by atoms with E-state index in [2.05, 4.69) is 0 Å². The van der Waals surface area contributed by atoms with Crippen LogP contribution in [0.5, 0.6) is 0 Å². The molecule has 0 spiro atoms. The van der Waals surface area contributed by atoms with Gasteiger partial charge in [0, 0.05) is 10.0 Å². The Morgan fingerprint density at radius 3 is 2.43 bits per heavy atom. The molecule has 0 fully saturated rings. The first-order valence-corrected chi connectivity index (χ1v) is 5.64. The van der Waals surface area contributed by atoms with Crippen molar-refractivity contribution >= 4 is 71.1 Å². The van der Waals surface area contributed by atoms with Crippen LogP contribution in [0.2, 0.25) is 10.0 Å². The van der Waals surface area contributed by atoms with Crippen LogP contribution in [0.1, 0.15) is 8.42 Å². The molecule has 7 heteroatoms. The van der Waals surface area contributed by atoms with E-state index in [1.54, 1.807) is 0 Å². The summed E-state index contributed by atoms with van der Waals surface area (Å²) in [6.45, 7) is 0. The number of hydrogen-bond donors (Lipinski definition) is 1. The maximum Gasteiger partial charge on any atom is 2.00 e. The van der Waals surface area contributed by atoms with E-state index in [4.69, 9.17) is 27.8 Å². The van der Waals surface area contributed by atoms with E-state index in [-0.39, 0.29) is 51.2 Å². The number of hydrogen-bond acceptors (Lipinski definition) is 2. The van der Waals surface area contributed by atoms with Gasteiger partial charge in [0.2, 0.25) is 0 Å². The van der Waals surface area contributed by atoms with E-state index in [0.29, 0.717) is 5.02 Å². The molecule has 0 heterocycles. The van der Waals surface area contributed by atoms with Gasteiger partial charge in [-0.25, -0.2) is 0 Å². The van der Waals surface area contributed by atoms with Gasteiger partial charge in [-0.05, 0) is 23.8 Å². The summed E-state index contributed by atoms with van der Waals surface area (Å²) in [7, 11) is -4.06. The molecule has 0 saturated heterocycles. The minimum absolute atomic E-state index is 0. The summed E-state index contributed by atoms with van der Waals surface area (Å²) in [5.41, 5.74) is 0.289. The molecular formula is C7H8CaCl2O3S. The number of benzene rings is 1. The molecule has 0 atom stereocenters. The van der Waals surface area contributed by atoms with Crippen molar-refractivity contribution in [2.45, 2.75) is 5.75 Å². The molecule has 1 aromatic rings. The summed E-state index contributed by atoms with van der Waals surface area (Å²) >= 11 is 11.3. The molecule has 0 aliphatic heterocycles. The average molecular weight is 283 g/mol. The van der Waals surface area contributed by atoms with Crippen LogP contribution in [0.15, 0.2) is 18.2 Å². The second-order valence-corrected chi connectivity index (χ2v) is 4.76. The van der Waals surface area contributed by atoms with Crippen molar-refractivity contribution in [3.05, 3.63) is 33.8 Å². The third-order valence-corrected chi connectivity index (χ3v) is 2.63. The zero-order valence-electron chi connectivity index (χ0n) is 9.07. The van der Waals surface area contributed by atoms with Crippen molar-refractivity contribution in [3.8, 4) is 0 Å². The van der Waals surface area contributed by atoms with E-state index in [1.165, 1.54) is 18.2 Å². The molecule has 1 aromatic carbocycles. The minimum atomic E-state index is -4.06. The molecular weight excluding hydrogens is 275 g/mol. The van der Waals surface area contributed by atoms with Crippen LogP contribution in [0.3, 0.4) is 0 Å². The van der Waals surface area contributed by atoms with Gasteiger partial charge in [0.05, 0.1) is 0 Å². The maximum atomic E-state index is 10.5. The Kier molecular flexibility index (Phi) is 6.30. The Labute approximate surface area is 125 Å². The third kappa shape index (κ3) is 5.16. The molecule has 0 amide bonds. The molecule has 14 heavy (non-hydrogen) atoms. The van der Waals surface area contributed by atoms with Crippen LogP contribution in [-0.4, -0.2) is 50.7 Å². The number of rotatable bonds is 2. The van der Waals surface area contributed by atoms with Crippen molar-refractivity contribution in [3.63, 3.8) is 0 Å². The molecule has 0 saturated carbocycles. The SMILES string of the molecule is O=S(=O)(O)Cc1cc(Cl)ccc1Cl.[Ca+2].[H-].[H-]. The normalized spacial score (nSPS) is 10.8. The van der Waals surface area contributed by atoms with E-state index >= 15 is 0 Å². The van der Waals surface area contributed by atoms with Crippen molar-refractivity contribution in [2.75, 3.05) is 0 Å². The second kappa shape index (κ2) is 5.89. The minimum Gasteiger partial charge on any atom is -1.00 e. The fraction of sp³-hybridized carbons (Fsp3) is 0.143. The van der Waals surface area contributed by atoms with Gasteiger partial charge in [-0.15, -0.1) is 0 Å². The fourth-order valence-electron chi connectivity index (χ4n) is 0.850. The van der Waals surface area contributed by atoms with Crippen molar-refractivity contribution in [1.29, 1.82) is 0 Å². The molecule has 1 rings (SSSR count). The van der Waals surface area contributed by atoms with Gasteiger partial charge >= 0.3 is 37.7 Å². The molecule has 0 aromatic heterocycles. The van der Waals surface area contributed by atoms with Gasteiger partial charge in [0.15, 0.2) is 0 Å². The Hall–Kier alpha value is 0.970. The summed E-state index contributed by atoms with van der Waals surface area (Å²) in [6.07, 6.45) is 0. The summed E-state index contributed by atoms with van der Waals surface area (Å²) in [6, 6.07) is 4.42. The molecule has 76 valence electrons. The van der Waals surface area contributed by atoms with Crippen LogP contribution in [0.25, 0.3) is 0 Å². The van der Waals surface area contributed by atoms with Crippen LogP contribution in [-0.2, 0) is 15.9 Å². The zero-order valence-corrected chi connectivity index (χ0v) is 11.6. The van der Waals surface area contributed by atoms with Gasteiger partial charge in [-0.2, -0.15) is 8.42 Å². The van der Waals surface area contributed by atoms with Crippen molar-refractivity contribution in [1.82, 2.24) is 0 Å². The summed E-state index contributed by atoms with van der Waals surface area (Å²) in [4.78, 5) is 0. The Morgan fingerprint density at radius 2 is 1.93 bits per heavy atom. The molecule has 1 N–H and O–H groups in total. The van der Waals surface area contributed by atoms with Crippen LogP contribution >= 0.6 is 23.2 Å². The second-order valence-electron chi connectivity index (χ2n) is 2.46. The summed E-state index contributed by atoms with van der Waals surface area (Å²) < 4.78 is 29.6. The monoisotopic (exact) mass is 282 g/mol. The molecule has 0 bridgehead atoms. The van der Waals surface area contributed by atoms with Gasteiger partial charge in [0.25, 0.3) is 10.1 Å². The molecule has 0 unspecified atom stereocenters. The van der Waals surface area contributed by atoms with Crippen LogP contribution in [0, 0.1) is 0 Å². The smallest absolute Gasteiger partial charge is 1.00 e. The topological polar surface area (TPSA) is 54.4 Å². The molecule has 3 nitrogen and oxygen atoms in total. The molecule has 0 radical (unpaired) electrons. The first-order valence-electron chi connectivity index (χ1n) is 3.27. The van der Waals surface area contributed by atoms with Gasteiger partial charge in [-0.3, -0.25) is 4.55 Å². The van der Waals surface area contributed by atoms with E-state index in [0.717, 1.165) is 0 Å². The first kappa shape index (κ1) is 15.0. The largest absolute Gasteiger partial charge is 2.00 e. The third-order valence-electron chi connectivity index (χ3n) is 1.35. The Balaban J connectivity index is -0.000000563. The Bertz CT molecular complexity index is 428. The molecule has 0 aliphatic rings. The van der Waals surface area contributed by atoms with E-state index in [9.17, 15) is 8.42 Å². The van der Waals surface area contributed by atoms with E-state index < -0.39 is 15.9 Å². The average Bonchev–Trinajstić information content (AvgIpc) is 1.94. The van der Waals surface area contributed by atoms with Crippen LogP contribution in [0.4, 0.5) is 0 Å². The molecule has 0 aliphatic carbocycles.